The Kier molecular flexibility index (Phi) is 6.27. The molecule has 0 aliphatic rings. The Bertz CT molecular complexity index is 491. The summed E-state index contributed by atoms with van der Waals surface area (Å²) in [7, 11) is 0. The highest BCUT2D eigenvalue weighted by atomic mass is 32.2. The topological polar surface area (TPSA) is 66.4 Å². The van der Waals surface area contributed by atoms with E-state index in [0.717, 1.165) is 4.90 Å². The minimum absolute atomic E-state index is 0.0895. The number of thioether (sulfide) groups is 1. The second-order valence-electron chi connectivity index (χ2n) is 6.24. The molecule has 0 aromatic heterocycles. The van der Waals surface area contributed by atoms with E-state index in [1.807, 2.05) is 39.2 Å². The van der Waals surface area contributed by atoms with Crippen molar-refractivity contribution in [3.8, 4) is 0 Å². The molecule has 0 saturated carbocycles. The van der Waals surface area contributed by atoms with Crippen molar-refractivity contribution in [3.05, 3.63) is 29.8 Å². The lowest BCUT2D eigenvalue weighted by molar-refractivity contribution is -0.142. The van der Waals surface area contributed by atoms with Gasteiger partial charge in [0.15, 0.2) is 0 Å². The van der Waals surface area contributed by atoms with E-state index < -0.39 is 11.9 Å². The maximum atomic E-state index is 12.0. The number of hydrogen-bond donors (Lipinski definition) is 2. The van der Waals surface area contributed by atoms with Gasteiger partial charge in [0.2, 0.25) is 0 Å². The van der Waals surface area contributed by atoms with Crippen LogP contribution in [0, 0.1) is 11.3 Å². The van der Waals surface area contributed by atoms with Crippen LogP contribution in [0.5, 0.6) is 0 Å². The monoisotopic (exact) mass is 309 g/mol. The zero-order chi connectivity index (χ0) is 16.0. The van der Waals surface area contributed by atoms with Crippen LogP contribution in [0.2, 0.25) is 0 Å². The van der Waals surface area contributed by atoms with Crippen LogP contribution in [0.4, 0.5) is 0 Å². The molecule has 4 nitrogen and oxygen atoms in total. The van der Waals surface area contributed by atoms with Crippen LogP contribution in [0.15, 0.2) is 29.2 Å². The van der Waals surface area contributed by atoms with Crippen molar-refractivity contribution >= 4 is 23.6 Å². The molecule has 0 heterocycles. The lowest BCUT2D eigenvalue weighted by atomic mass is 9.84. The number of carboxylic acid groups (broad SMARTS) is 1. The van der Waals surface area contributed by atoms with E-state index in [1.54, 1.807) is 23.9 Å². The summed E-state index contributed by atoms with van der Waals surface area (Å²) in [6.45, 7) is 6.12. The molecule has 0 radical (unpaired) electrons. The predicted octanol–water partition coefficient (Wildman–Crippen LogP) is 3.28. The summed E-state index contributed by atoms with van der Waals surface area (Å²) in [5.74, 6) is -1.68. The number of carbonyl (C=O) groups excluding carboxylic acids is 1. The second-order valence-corrected chi connectivity index (χ2v) is 7.12. The van der Waals surface area contributed by atoms with E-state index in [2.05, 4.69) is 5.32 Å². The molecule has 0 aliphatic heterocycles. The van der Waals surface area contributed by atoms with Crippen LogP contribution >= 0.6 is 11.8 Å². The Balaban J connectivity index is 2.62. The van der Waals surface area contributed by atoms with Gasteiger partial charge < -0.3 is 10.4 Å². The van der Waals surface area contributed by atoms with Gasteiger partial charge in [0.05, 0.1) is 5.92 Å². The summed E-state index contributed by atoms with van der Waals surface area (Å²) < 4.78 is 0. The summed E-state index contributed by atoms with van der Waals surface area (Å²) >= 11 is 1.61. The lowest BCUT2D eigenvalue weighted by Gasteiger charge is -2.23. The Morgan fingerprint density at radius 2 is 1.81 bits per heavy atom. The first kappa shape index (κ1) is 17.6. The highest BCUT2D eigenvalue weighted by molar-refractivity contribution is 7.98. The van der Waals surface area contributed by atoms with Crippen LogP contribution in [-0.2, 0) is 4.79 Å². The number of benzene rings is 1. The summed E-state index contributed by atoms with van der Waals surface area (Å²) in [5, 5.41) is 11.9. The fourth-order valence-electron chi connectivity index (χ4n) is 2.05. The second kappa shape index (κ2) is 7.50. The van der Waals surface area contributed by atoms with E-state index in [0.29, 0.717) is 12.0 Å². The van der Waals surface area contributed by atoms with Gasteiger partial charge in [-0.2, -0.15) is 0 Å². The minimum Gasteiger partial charge on any atom is -0.481 e. The fraction of sp³-hybridized carbons (Fsp3) is 0.500. The third-order valence-electron chi connectivity index (χ3n) is 3.07. The van der Waals surface area contributed by atoms with Crippen molar-refractivity contribution in [2.75, 3.05) is 12.8 Å². The van der Waals surface area contributed by atoms with Crippen molar-refractivity contribution in [2.45, 2.75) is 32.1 Å². The standard InChI is InChI=1S/C16H23NO3S/c1-16(2,3)9-12(15(19)20)10-17-14(18)11-5-7-13(21-4)8-6-11/h5-8,12H,9-10H2,1-4H3,(H,17,18)(H,19,20). The molecule has 2 N–H and O–H groups in total. The Labute approximate surface area is 130 Å². The molecular weight excluding hydrogens is 286 g/mol. The van der Waals surface area contributed by atoms with Gasteiger partial charge in [-0.15, -0.1) is 11.8 Å². The molecule has 1 rings (SSSR count). The predicted molar refractivity (Wildman–Crippen MR) is 85.8 cm³/mol. The summed E-state index contributed by atoms with van der Waals surface area (Å²) in [6.07, 6.45) is 2.49. The fourth-order valence-corrected chi connectivity index (χ4v) is 2.45. The molecule has 1 aromatic carbocycles. The first-order valence-corrected chi connectivity index (χ1v) is 8.10. The molecule has 0 spiro atoms. The number of aliphatic carboxylic acids is 1. The minimum atomic E-state index is -0.872. The van der Waals surface area contributed by atoms with Gasteiger partial charge in [-0.1, -0.05) is 20.8 Å². The maximum absolute atomic E-state index is 12.0. The molecule has 5 heteroatoms. The molecule has 0 bridgehead atoms. The quantitative estimate of drug-likeness (QED) is 0.791. The Morgan fingerprint density at radius 1 is 1.24 bits per heavy atom. The molecule has 1 atom stereocenters. The first-order valence-electron chi connectivity index (χ1n) is 6.88. The molecule has 1 aromatic rings. The zero-order valence-corrected chi connectivity index (χ0v) is 13.8. The first-order chi connectivity index (χ1) is 9.73. The van der Waals surface area contributed by atoms with Gasteiger partial charge >= 0.3 is 5.97 Å². The summed E-state index contributed by atoms with van der Waals surface area (Å²) in [4.78, 5) is 24.4. The van der Waals surface area contributed by atoms with Gasteiger partial charge in [-0.25, -0.2) is 0 Å². The Morgan fingerprint density at radius 3 is 2.24 bits per heavy atom. The highest BCUT2D eigenvalue weighted by Gasteiger charge is 2.25. The van der Waals surface area contributed by atoms with E-state index in [9.17, 15) is 14.7 Å². The van der Waals surface area contributed by atoms with E-state index >= 15 is 0 Å². The van der Waals surface area contributed by atoms with Gasteiger partial charge in [-0.3, -0.25) is 9.59 Å². The molecule has 1 amide bonds. The Hall–Kier alpha value is -1.49. The third-order valence-corrected chi connectivity index (χ3v) is 3.81. The lowest BCUT2D eigenvalue weighted by Crippen LogP contribution is -2.35. The van der Waals surface area contributed by atoms with Gasteiger partial charge in [0.25, 0.3) is 5.91 Å². The van der Waals surface area contributed by atoms with Crippen molar-refractivity contribution in [3.63, 3.8) is 0 Å². The van der Waals surface area contributed by atoms with Crippen molar-refractivity contribution < 1.29 is 14.7 Å². The van der Waals surface area contributed by atoms with Crippen molar-refractivity contribution in [1.29, 1.82) is 0 Å². The van der Waals surface area contributed by atoms with Gasteiger partial charge in [0, 0.05) is 17.0 Å². The van der Waals surface area contributed by atoms with Crippen molar-refractivity contribution in [2.24, 2.45) is 11.3 Å². The van der Waals surface area contributed by atoms with Crippen LogP contribution in [-0.4, -0.2) is 29.8 Å². The van der Waals surface area contributed by atoms with Crippen molar-refractivity contribution in [1.82, 2.24) is 5.32 Å². The smallest absolute Gasteiger partial charge is 0.308 e. The maximum Gasteiger partial charge on any atom is 0.308 e. The molecule has 1 unspecified atom stereocenters. The van der Waals surface area contributed by atoms with E-state index in [1.165, 1.54) is 0 Å². The molecular formula is C16H23NO3S. The number of amides is 1. The number of hydrogen-bond acceptors (Lipinski definition) is 3. The highest BCUT2D eigenvalue weighted by Crippen LogP contribution is 2.24. The number of nitrogens with one attached hydrogen (secondary N) is 1. The summed E-state index contributed by atoms with van der Waals surface area (Å²) in [5.41, 5.74) is 0.459. The zero-order valence-electron chi connectivity index (χ0n) is 13.0. The van der Waals surface area contributed by atoms with Gasteiger partial charge in [-0.05, 0) is 42.4 Å². The average Bonchev–Trinajstić information content (AvgIpc) is 2.41. The number of carboxylic acids is 1. The normalized spacial score (nSPS) is 12.8. The van der Waals surface area contributed by atoms with Gasteiger partial charge in [0.1, 0.15) is 0 Å². The van der Waals surface area contributed by atoms with Crippen LogP contribution in [0.3, 0.4) is 0 Å². The number of carbonyl (C=O) groups is 2. The van der Waals surface area contributed by atoms with Crippen LogP contribution in [0.25, 0.3) is 0 Å². The van der Waals surface area contributed by atoms with E-state index in [4.69, 9.17) is 0 Å². The molecule has 116 valence electrons. The third kappa shape index (κ3) is 6.21. The van der Waals surface area contributed by atoms with Crippen LogP contribution < -0.4 is 5.32 Å². The van der Waals surface area contributed by atoms with E-state index in [-0.39, 0.29) is 17.9 Å². The molecule has 0 fully saturated rings. The largest absolute Gasteiger partial charge is 0.481 e. The molecule has 0 aliphatic carbocycles. The molecule has 21 heavy (non-hydrogen) atoms. The molecule has 0 saturated heterocycles. The van der Waals surface area contributed by atoms with Crippen LogP contribution in [0.1, 0.15) is 37.6 Å². The number of rotatable bonds is 6. The average molecular weight is 309 g/mol. The SMILES string of the molecule is CSc1ccc(C(=O)NCC(CC(C)(C)C)C(=O)O)cc1. The summed E-state index contributed by atoms with van der Waals surface area (Å²) in [6, 6.07) is 7.26.